The number of rotatable bonds is 8. The zero-order valence-electron chi connectivity index (χ0n) is 22.6. The van der Waals surface area contributed by atoms with Crippen LogP contribution in [0.1, 0.15) is 18.4 Å². The van der Waals surface area contributed by atoms with Crippen LogP contribution in [-0.4, -0.2) is 112 Å². The van der Waals surface area contributed by atoms with E-state index in [-0.39, 0.29) is 0 Å². The number of hydrogen-bond acceptors (Lipinski definition) is 7. The Hall–Kier alpha value is -2.62. The fraction of sp³-hybridized carbons (Fsp3) is 0.680. The van der Waals surface area contributed by atoms with Crippen molar-refractivity contribution in [1.29, 1.82) is 0 Å². The van der Waals surface area contributed by atoms with Gasteiger partial charge in [0.05, 0.1) is 20.3 Å². The summed E-state index contributed by atoms with van der Waals surface area (Å²) in [6.07, 6.45) is -7.67. The number of para-hydroxylation sites is 1. The number of nitrogens with zero attached hydrogens (tertiary/aromatic N) is 2. The van der Waals surface area contributed by atoms with Gasteiger partial charge in [0, 0.05) is 51.9 Å². The highest BCUT2D eigenvalue weighted by atomic mass is 19.4. The molecule has 1 aromatic carbocycles. The maximum atomic E-state index is 10.6. The Morgan fingerprint density at radius 1 is 0.925 bits per heavy atom. The molecule has 3 rings (SSSR count). The molecule has 2 saturated heterocycles. The number of halogens is 6. The van der Waals surface area contributed by atoms with Gasteiger partial charge in [-0.3, -0.25) is 4.90 Å². The van der Waals surface area contributed by atoms with Crippen LogP contribution in [-0.2, 0) is 25.6 Å². The number of piperidine rings is 1. The van der Waals surface area contributed by atoms with E-state index in [1.165, 1.54) is 24.9 Å². The molecule has 0 radical (unpaired) electrons. The number of aliphatic carboxylic acids is 2. The molecular weight excluding hydrogens is 554 g/mol. The molecule has 0 aromatic heterocycles. The lowest BCUT2D eigenvalue weighted by molar-refractivity contribution is -0.193. The van der Waals surface area contributed by atoms with E-state index in [1.54, 1.807) is 14.2 Å². The van der Waals surface area contributed by atoms with Gasteiger partial charge in [-0.05, 0) is 37.4 Å². The molecule has 2 heterocycles. The van der Waals surface area contributed by atoms with Gasteiger partial charge >= 0.3 is 24.3 Å². The molecule has 9 nitrogen and oxygen atoms in total. The van der Waals surface area contributed by atoms with Gasteiger partial charge in [0.15, 0.2) is 0 Å². The predicted octanol–water partition coefficient (Wildman–Crippen LogP) is 3.77. The summed E-state index contributed by atoms with van der Waals surface area (Å²) in [6.45, 7) is 8.32. The van der Waals surface area contributed by atoms with Crippen molar-refractivity contribution in [1.82, 2.24) is 9.80 Å². The molecule has 40 heavy (non-hydrogen) atoms. The van der Waals surface area contributed by atoms with Crippen LogP contribution in [0.3, 0.4) is 0 Å². The third-order valence-corrected chi connectivity index (χ3v) is 6.79. The van der Waals surface area contributed by atoms with Crippen molar-refractivity contribution < 1.29 is 60.4 Å². The normalized spacial score (nSPS) is 19.3. The number of hydrogen-bond donors (Lipinski definition) is 2. The highest BCUT2D eigenvalue weighted by Crippen LogP contribution is 2.45. The Morgan fingerprint density at radius 3 is 1.90 bits per heavy atom. The summed E-state index contributed by atoms with van der Waals surface area (Å²) in [5.74, 6) is -3.88. The first-order chi connectivity index (χ1) is 18.6. The number of alkyl halides is 6. The third kappa shape index (κ3) is 11.5. The second kappa shape index (κ2) is 16.0. The number of carboxylic acid groups (broad SMARTS) is 2. The van der Waals surface area contributed by atoms with Gasteiger partial charge in [-0.25, -0.2) is 9.59 Å². The molecule has 1 atom stereocenters. The van der Waals surface area contributed by atoms with Crippen LogP contribution in [0.25, 0.3) is 0 Å². The number of likely N-dealkylation sites (tertiary alicyclic amines) is 2. The molecule has 2 aliphatic rings. The maximum Gasteiger partial charge on any atom is 0.490 e. The van der Waals surface area contributed by atoms with Gasteiger partial charge in [-0.15, -0.1) is 0 Å². The Bertz CT molecular complexity index is 898. The SMILES string of the molecule is COCCN1CC(COC)C2(CCN(Cc3ccccc3OC)CC2)C1.O=C(O)C(F)(F)F.O=C(O)C(F)(F)F. The molecule has 0 amide bonds. The monoisotopic (exact) mass is 590 g/mol. The van der Waals surface area contributed by atoms with Gasteiger partial charge in [-0.1, -0.05) is 18.2 Å². The van der Waals surface area contributed by atoms with E-state index in [9.17, 15) is 26.3 Å². The quantitative estimate of drug-likeness (QED) is 0.438. The number of ether oxygens (including phenoxy) is 3. The molecule has 0 saturated carbocycles. The van der Waals surface area contributed by atoms with Crippen molar-refractivity contribution in [2.24, 2.45) is 11.3 Å². The molecule has 2 fully saturated rings. The van der Waals surface area contributed by atoms with Gasteiger partial charge in [0.2, 0.25) is 0 Å². The zero-order valence-corrected chi connectivity index (χ0v) is 22.6. The van der Waals surface area contributed by atoms with E-state index in [1.807, 2.05) is 13.2 Å². The molecule has 0 aliphatic carbocycles. The van der Waals surface area contributed by atoms with E-state index in [0.29, 0.717) is 11.3 Å². The minimum absolute atomic E-state index is 0.404. The molecule has 1 aromatic rings. The summed E-state index contributed by atoms with van der Waals surface area (Å²) in [7, 11) is 5.38. The first kappa shape index (κ1) is 35.4. The van der Waals surface area contributed by atoms with Crippen LogP contribution < -0.4 is 4.74 Å². The van der Waals surface area contributed by atoms with Crippen molar-refractivity contribution in [3.05, 3.63) is 29.8 Å². The van der Waals surface area contributed by atoms with Crippen LogP contribution in [0.5, 0.6) is 5.75 Å². The van der Waals surface area contributed by atoms with Crippen LogP contribution in [0, 0.1) is 11.3 Å². The Balaban J connectivity index is 0.000000473. The molecule has 1 spiro atoms. The molecule has 2 N–H and O–H groups in total. The fourth-order valence-corrected chi connectivity index (χ4v) is 4.76. The Kier molecular flexibility index (Phi) is 14.1. The third-order valence-electron chi connectivity index (χ3n) is 6.79. The van der Waals surface area contributed by atoms with Crippen molar-refractivity contribution in [2.75, 3.05) is 67.3 Å². The number of carboxylic acids is 2. The van der Waals surface area contributed by atoms with Crippen LogP contribution in [0.15, 0.2) is 24.3 Å². The highest BCUT2D eigenvalue weighted by molar-refractivity contribution is 5.73. The lowest BCUT2D eigenvalue weighted by Crippen LogP contribution is -2.45. The summed E-state index contributed by atoms with van der Waals surface area (Å²) in [4.78, 5) is 22.9. The first-order valence-electron chi connectivity index (χ1n) is 12.2. The topological polar surface area (TPSA) is 109 Å². The molecule has 15 heteroatoms. The lowest BCUT2D eigenvalue weighted by Gasteiger charge is -2.42. The standard InChI is InChI=1S/C21H34N2O3.2C2HF3O2/c1-24-13-12-23-15-19(16-25-2)21(17-23)8-10-22(11-9-21)14-18-6-4-5-7-20(18)26-3;2*3-2(4,5)1(6)7/h4-7,19H,8-17H2,1-3H3;2*(H,6,7). The van der Waals surface area contributed by atoms with E-state index in [0.717, 1.165) is 51.7 Å². The van der Waals surface area contributed by atoms with E-state index in [4.69, 9.17) is 34.0 Å². The van der Waals surface area contributed by atoms with Crippen LogP contribution >= 0.6 is 0 Å². The summed E-state index contributed by atoms with van der Waals surface area (Å²) >= 11 is 0. The molecular formula is C25H36F6N2O7. The smallest absolute Gasteiger partial charge is 0.490 e. The number of carbonyl (C=O) groups is 2. The van der Waals surface area contributed by atoms with Gasteiger partial charge in [0.1, 0.15) is 5.75 Å². The van der Waals surface area contributed by atoms with E-state index in [2.05, 4.69) is 28.0 Å². The summed E-state index contributed by atoms with van der Waals surface area (Å²) < 4.78 is 79.8. The summed E-state index contributed by atoms with van der Waals surface area (Å²) in [5, 5.41) is 14.2. The van der Waals surface area contributed by atoms with E-state index < -0.39 is 24.3 Å². The highest BCUT2D eigenvalue weighted by Gasteiger charge is 2.47. The summed E-state index contributed by atoms with van der Waals surface area (Å²) in [6, 6.07) is 8.37. The Labute approximate surface area is 228 Å². The molecule has 230 valence electrons. The van der Waals surface area contributed by atoms with Crippen molar-refractivity contribution in [3.63, 3.8) is 0 Å². The Morgan fingerprint density at radius 2 is 1.45 bits per heavy atom. The largest absolute Gasteiger partial charge is 0.496 e. The van der Waals surface area contributed by atoms with Gasteiger partial charge in [-0.2, -0.15) is 26.3 Å². The molecule has 0 bridgehead atoms. The number of benzene rings is 1. The van der Waals surface area contributed by atoms with Gasteiger partial charge < -0.3 is 29.3 Å². The lowest BCUT2D eigenvalue weighted by atomic mass is 9.71. The first-order valence-corrected chi connectivity index (χ1v) is 12.2. The fourth-order valence-electron chi connectivity index (χ4n) is 4.76. The van der Waals surface area contributed by atoms with E-state index >= 15 is 0 Å². The minimum Gasteiger partial charge on any atom is -0.496 e. The van der Waals surface area contributed by atoms with Crippen molar-refractivity contribution >= 4 is 11.9 Å². The predicted molar refractivity (Wildman–Crippen MR) is 131 cm³/mol. The second-order valence-electron chi connectivity index (χ2n) is 9.44. The van der Waals surface area contributed by atoms with Crippen molar-refractivity contribution in [3.8, 4) is 5.75 Å². The maximum absolute atomic E-state index is 10.6. The van der Waals surface area contributed by atoms with Gasteiger partial charge in [0.25, 0.3) is 0 Å². The molecule has 2 aliphatic heterocycles. The zero-order chi connectivity index (χ0) is 30.6. The number of methoxy groups -OCH3 is 3. The minimum atomic E-state index is -5.08. The second-order valence-corrected chi connectivity index (χ2v) is 9.44. The van der Waals surface area contributed by atoms with Crippen LogP contribution in [0.2, 0.25) is 0 Å². The average molecular weight is 591 g/mol. The summed E-state index contributed by atoms with van der Waals surface area (Å²) in [5.41, 5.74) is 1.69. The van der Waals surface area contributed by atoms with Crippen LogP contribution in [0.4, 0.5) is 26.3 Å². The molecule has 1 unspecified atom stereocenters. The average Bonchev–Trinajstić information content (AvgIpc) is 3.20. The van der Waals surface area contributed by atoms with Crippen molar-refractivity contribution in [2.45, 2.75) is 31.7 Å².